The van der Waals surface area contributed by atoms with Crippen molar-refractivity contribution in [2.75, 3.05) is 0 Å². The van der Waals surface area contributed by atoms with Crippen LogP contribution < -0.4 is 4.74 Å². The van der Waals surface area contributed by atoms with E-state index in [2.05, 4.69) is 216 Å². The maximum Gasteiger partial charge on any atom is 0.156 e. The van der Waals surface area contributed by atoms with E-state index in [1.54, 1.807) is 0 Å². The van der Waals surface area contributed by atoms with E-state index < -0.39 is 5.41 Å². The lowest BCUT2D eigenvalue weighted by Gasteiger charge is -2.45. The van der Waals surface area contributed by atoms with E-state index in [-0.39, 0.29) is 0 Å². The van der Waals surface area contributed by atoms with Gasteiger partial charge in [-0.15, -0.1) is 0 Å². The first-order chi connectivity index (χ1) is 29.7. The molecule has 0 saturated carbocycles. The molecule has 13 rings (SSSR count). The predicted octanol–water partition coefficient (Wildman–Crippen LogP) is 14.2. The third kappa shape index (κ3) is 4.38. The van der Waals surface area contributed by atoms with Crippen LogP contribution in [0.2, 0.25) is 0 Å². The van der Waals surface area contributed by atoms with Crippen molar-refractivity contribution in [1.29, 1.82) is 0 Å². The summed E-state index contributed by atoms with van der Waals surface area (Å²) in [5.41, 5.74) is 17.5. The van der Waals surface area contributed by atoms with E-state index in [1.807, 2.05) is 0 Å². The van der Waals surface area contributed by atoms with Gasteiger partial charge in [-0.2, -0.15) is 0 Å². The Kier molecular flexibility index (Phi) is 6.92. The molecule has 2 aromatic heterocycles. The molecule has 0 N–H and O–H groups in total. The molecule has 3 nitrogen and oxygen atoms in total. The molecule has 0 aliphatic carbocycles. The molecule has 3 heteroatoms. The van der Waals surface area contributed by atoms with Gasteiger partial charge in [0.25, 0.3) is 0 Å². The van der Waals surface area contributed by atoms with Crippen molar-refractivity contribution < 1.29 is 4.74 Å². The number of fused-ring (bicyclic) bond motifs is 15. The second-order valence-corrected chi connectivity index (χ2v) is 16.4. The summed E-state index contributed by atoms with van der Waals surface area (Å²) in [4.78, 5) is 0. The minimum atomic E-state index is -0.661. The average Bonchev–Trinajstić information content (AvgIpc) is 3.83. The topological polar surface area (TPSA) is 19.1 Å². The number of nitrogens with zero attached hydrogens (tertiary/aromatic N) is 2. The summed E-state index contributed by atoms with van der Waals surface area (Å²) >= 11 is 0. The molecule has 2 aliphatic rings. The van der Waals surface area contributed by atoms with Crippen LogP contribution >= 0.6 is 0 Å². The van der Waals surface area contributed by atoms with Gasteiger partial charge in [0, 0.05) is 38.4 Å². The van der Waals surface area contributed by atoms with Crippen LogP contribution in [0.4, 0.5) is 0 Å². The van der Waals surface area contributed by atoms with Gasteiger partial charge in [-0.05, 0) is 88.7 Å². The fourth-order valence-electron chi connectivity index (χ4n) is 10.9. The Balaban J connectivity index is 1.16. The maximum absolute atomic E-state index is 7.38. The molecule has 0 bridgehead atoms. The summed E-state index contributed by atoms with van der Waals surface area (Å²) in [5.74, 6) is 1.77. The molecule has 1 atom stereocenters. The number of aryl methyl sites for hydroxylation is 1. The van der Waals surface area contributed by atoms with Crippen LogP contribution in [0.25, 0.3) is 66.1 Å². The van der Waals surface area contributed by atoms with Crippen LogP contribution in [0.1, 0.15) is 38.9 Å². The van der Waals surface area contributed by atoms with Crippen molar-refractivity contribution in [2.24, 2.45) is 0 Å². The first-order valence-electron chi connectivity index (χ1n) is 20.9. The number of rotatable bonds is 4. The molecule has 4 heterocycles. The fraction of sp³-hybridized carbons (Fsp3) is 0.0526. The summed E-state index contributed by atoms with van der Waals surface area (Å²) in [6.45, 7) is 2.22. The molecule has 0 amide bonds. The number of hydrogen-bond donors (Lipinski definition) is 0. The van der Waals surface area contributed by atoms with E-state index in [9.17, 15) is 0 Å². The van der Waals surface area contributed by atoms with E-state index in [1.165, 1.54) is 77.2 Å². The second-order valence-electron chi connectivity index (χ2n) is 16.4. The SMILES string of the molecule is Cc1ccccc1-c1cc(-n2c3ccccc3c3ccc4c(c32)Oc2ccccc2C42c3ccccc3-n3c4ccccc4c4cccc2c43)ccc1Cc1ccccc1. The van der Waals surface area contributed by atoms with Crippen LogP contribution in [-0.4, -0.2) is 9.13 Å². The number of para-hydroxylation sites is 5. The summed E-state index contributed by atoms with van der Waals surface area (Å²) < 4.78 is 12.3. The molecule has 11 aromatic rings. The van der Waals surface area contributed by atoms with Crippen LogP contribution in [0.5, 0.6) is 11.5 Å². The molecule has 1 unspecified atom stereocenters. The van der Waals surface area contributed by atoms with Gasteiger partial charge in [0.2, 0.25) is 0 Å². The van der Waals surface area contributed by atoms with Gasteiger partial charge in [0.1, 0.15) is 5.75 Å². The Bertz CT molecular complexity index is 3570. The zero-order valence-electron chi connectivity index (χ0n) is 33.1. The van der Waals surface area contributed by atoms with E-state index in [0.29, 0.717) is 0 Å². The first-order valence-corrected chi connectivity index (χ1v) is 20.9. The summed E-state index contributed by atoms with van der Waals surface area (Å²) in [6, 6.07) is 73.7. The number of ether oxygens (including phenoxy) is 1. The smallest absolute Gasteiger partial charge is 0.156 e. The molecule has 1 spiro atoms. The third-order valence-electron chi connectivity index (χ3n) is 13.4. The Labute approximate surface area is 348 Å². The van der Waals surface area contributed by atoms with Crippen molar-refractivity contribution in [1.82, 2.24) is 9.13 Å². The van der Waals surface area contributed by atoms with Crippen LogP contribution in [0.15, 0.2) is 200 Å². The lowest BCUT2D eigenvalue weighted by molar-refractivity contribution is 0.438. The number of aromatic nitrogens is 2. The second kappa shape index (κ2) is 12.4. The van der Waals surface area contributed by atoms with Gasteiger partial charge in [-0.25, -0.2) is 0 Å². The maximum atomic E-state index is 7.38. The van der Waals surface area contributed by atoms with Crippen molar-refractivity contribution >= 4 is 43.6 Å². The van der Waals surface area contributed by atoms with Crippen LogP contribution in [0, 0.1) is 6.92 Å². The Morgan fingerprint density at radius 1 is 0.450 bits per heavy atom. The quantitative estimate of drug-likeness (QED) is 0.175. The minimum absolute atomic E-state index is 0.661. The Morgan fingerprint density at radius 2 is 1.10 bits per heavy atom. The van der Waals surface area contributed by atoms with Crippen molar-refractivity contribution in [3.05, 3.63) is 239 Å². The lowest BCUT2D eigenvalue weighted by atomic mass is 9.61. The van der Waals surface area contributed by atoms with Gasteiger partial charge in [0.15, 0.2) is 5.75 Å². The van der Waals surface area contributed by atoms with E-state index in [4.69, 9.17) is 4.74 Å². The Morgan fingerprint density at radius 3 is 1.93 bits per heavy atom. The van der Waals surface area contributed by atoms with Crippen LogP contribution in [0.3, 0.4) is 0 Å². The van der Waals surface area contributed by atoms with Gasteiger partial charge < -0.3 is 13.9 Å². The number of benzene rings is 9. The van der Waals surface area contributed by atoms with Gasteiger partial charge in [-0.1, -0.05) is 164 Å². The third-order valence-corrected chi connectivity index (χ3v) is 13.4. The Hall–Kier alpha value is -7.62. The standard InChI is InChI=1S/C57H38N2O/c1-36-16-5-6-19-40(36)45-35-39(31-30-38(45)34-37-17-3-2-4-18-37)58-50-26-11-7-21-42(50)44-32-33-49-56(55(44)58)60-53-29-14-10-24-47(53)57(49)46-23-9-13-28-52(46)59-51-27-12-8-20-41(51)43-22-15-25-48(57)54(43)59/h2-33,35H,34H2,1H3. The van der Waals surface area contributed by atoms with E-state index in [0.717, 1.165) is 45.8 Å². The molecule has 2 aliphatic heterocycles. The molecule has 0 radical (unpaired) electrons. The van der Waals surface area contributed by atoms with Crippen molar-refractivity contribution in [3.8, 4) is 34.0 Å². The average molecular weight is 767 g/mol. The van der Waals surface area contributed by atoms with Crippen molar-refractivity contribution in [3.63, 3.8) is 0 Å². The highest BCUT2D eigenvalue weighted by atomic mass is 16.5. The van der Waals surface area contributed by atoms with E-state index >= 15 is 0 Å². The molecular formula is C57H38N2O. The molecule has 0 saturated heterocycles. The summed E-state index contributed by atoms with van der Waals surface area (Å²) in [7, 11) is 0. The highest BCUT2D eigenvalue weighted by Crippen LogP contribution is 2.62. The minimum Gasteiger partial charge on any atom is -0.454 e. The first kappa shape index (κ1) is 33.4. The fourth-order valence-corrected chi connectivity index (χ4v) is 10.9. The highest BCUT2D eigenvalue weighted by Gasteiger charge is 2.51. The molecule has 9 aromatic carbocycles. The highest BCUT2D eigenvalue weighted by molar-refractivity contribution is 6.14. The molecule has 0 fully saturated rings. The summed E-state index contributed by atoms with van der Waals surface area (Å²) in [5, 5.41) is 4.89. The molecular weight excluding hydrogens is 729 g/mol. The monoisotopic (exact) mass is 766 g/mol. The van der Waals surface area contributed by atoms with Crippen molar-refractivity contribution in [2.45, 2.75) is 18.8 Å². The summed E-state index contributed by atoms with van der Waals surface area (Å²) in [6.07, 6.45) is 0.845. The van der Waals surface area contributed by atoms with Gasteiger partial charge in [-0.3, -0.25) is 0 Å². The predicted molar refractivity (Wildman–Crippen MR) is 246 cm³/mol. The van der Waals surface area contributed by atoms with Crippen LogP contribution in [-0.2, 0) is 11.8 Å². The number of hydrogen-bond acceptors (Lipinski definition) is 1. The lowest BCUT2D eigenvalue weighted by Crippen LogP contribution is -2.37. The zero-order chi connectivity index (χ0) is 39.5. The zero-order valence-corrected chi connectivity index (χ0v) is 33.1. The normalized spacial score (nSPS) is 15.0. The largest absolute Gasteiger partial charge is 0.454 e. The molecule has 60 heavy (non-hydrogen) atoms. The van der Waals surface area contributed by atoms with Gasteiger partial charge in [0.05, 0.1) is 33.2 Å². The van der Waals surface area contributed by atoms with Gasteiger partial charge >= 0.3 is 0 Å². The molecule has 282 valence electrons.